The van der Waals surface area contributed by atoms with Crippen LogP contribution in [-0.4, -0.2) is 60.0 Å². The van der Waals surface area contributed by atoms with Crippen molar-refractivity contribution >= 4 is 17.4 Å². The Labute approximate surface area is 176 Å². The van der Waals surface area contributed by atoms with Crippen molar-refractivity contribution in [1.29, 1.82) is 0 Å². The quantitative estimate of drug-likeness (QED) is 0.391. The number of benzene rings is 1. The maximum atomic E-state index is 13.0. The van der Waals surface area contributed by atoms with Gasteiger partial charge in [-0.05, 0) is 43.7 Å². The zero-order chi connectivity index (χ0) is 21.7. The highest BCUT2D eigenvalue weighted by Crippen LogP contribution is 2.39. The van der Waals surface area contributed by atoms with Gasteiger partial charge in [0.1, 0.15) is 11.5 Å². The number of aliphatic hydroxyl groups excluding tert-OH is 1. The monoisotopic (exact) mass is 410 g/mol. The van der Waals surface area contributed by atoms with Gasteiger partial charge >= 0.3 is 0 Å². The van der Waals surface area contributed by atoms with Gasteiger partial charge in [-0.1, -0.05) is 12.1 Å². The summed E-state index contributed by atoms with van der Waals surface area (Å²) in [6.45, 7) is 7.21. The maximum absolute atomic E-state index is 13.0. The Morgan fingerprint density at radius 2 is 1.73 bits per heavy atom. The van der Waals surface area contributed by atoms with Gasteiger partial charge in [0.2, 0.25) is 0 Å². The molecule has 0 saturated carbocycles. The minimum absolute atomic E-state index is 0.103. The Hall–Kier alpha value is -3.19. The third kappa shape index (κ3) is 4.21. The molecule has 1 amide bonds. The molecule has 2 aromatic rings. The Kier molecular flexibility index (Phi) is 6.84. The highest BCUT2D eigenvalue weighted by molar-refractivity contribution is 6.46. The number of quaternary nitrogens is 1. The minimum Gasteiger partial charge on any atom is -0.507 e. The summed E-state index contributed by atoms with van der Waals surface area (Å²) in [7, 11) is 1.58. The third-order valence-electron chi connectivity index (χ3n) is 5.63. The van der Waals surface area contributed by atoms with Crippen LogP contribution in [0.5, 0.6) is 5.75 Å². The Morgan fingerprint density at radius 1 is 1.10 bits per heavy atom. The van der Waals surface area contributed by atoms with Crippen molar-refractivity contribution in [3.63, 3.8) is 0 Å². The fraction of sp³-hybridized carbons (Fsp3) is 0.348. The number of nitrogens with zero attached hydrogens (tertiary/aromatic N) is 2. The Bertz CT molecular complexity index is 921. The molecule has 1 saturated heterocycles. The van der Waals surface area contributed by atoms with Crippen LogP contribution in [0.15, 0.2) is 54.4 Å². The van der Waals surface area contributed by atoms with Gasteiger partial charge in [0.15, 0.2) is 0 Å². The number of ketones is 1. The number of carbonyl (C=O) groups is 2. The third-order valence-corrected chi connectivity index (χ3v) is 5.63. The molecule has 158 valence electrons. The highest BCUT2D eigenvalue weighted by Gasteiger charge is 2.46. The summed E-state index contributed by atoms with van der Waals surface area (Å²) in [5.74, 6) is -0.760. The van der Waals surface area contributed by atoms with Gasteiger partial charge in [-0.25, -0.2) is 0 Å². The second-order valence-electron chi connectivity index (χ2n) is 7.21. The Morgan fingerprint density at radius 3 is 2.30 bits per heavy atom. The van der Waals surface area contributed by atoms with Gasteiger partial charge in [0, 0.05) is 18.0 Å². The number of likely N-dealkylation sites (tertiary alicyclic amines) is 1. The van der Waals surface area contributed by atoms with Gasteiger partial charge < -0.3 is 19.6 Å². The maximum Gasteiger partial charge on any atom is 0.295 e. The van der Waals surface area contributed by atoms with Crippen molar-refractivity contribution in [2.24, 2.45) is 0 Å². The predicted octanol–water partition coefficient (Wildman–Crippen LogP) is 1.44. The van der Waals surface area contributed by atoms with Crippen molar-refractivity contribution < 1.29 is 24.3 Å². The van der Waals surface area contributed by atoms with E-state index in [1.165, 1.54) is 17.3 Å². The van der Waals surface area contributed by atoms with Crippen LogP contribution >= 0.6 is 0 Å². The number of ether oxygens (including phenoxy) is 1. The summed E-state index contributed by atoms with van der Waals surface area (Å²) in [6, 6.07) is 9.81. The second-order valence-corrected chi connectivity index (χ2v) is 7.21. The summed E-state index contributed by atoms with van der Waals surface area (Å²) in [5.41, 5.74) is 1.31. The van der Waals surface area contributed by atoms with Crippen molar-refractivity contribution in [1.82, 2.24) is 9.88 Å². The van der Waals surface area contributed by atoms with Gasteiger partial charge in [-0.2, -0.15) is 0 Å². The smallest absolute Gasteiger partial charge is 0.295 e. The molecule has 1 fully saturated rings. The largest absolute Gasteiger partial charge is 0.507 e. The molecule has 1 aromatic heterocycles. The summed E-state index contributed by atoms with van der Waals surface area (Å²) in [5, 5.41) is 11.0. The first-order chi connectivity index (χ1) is 14.5. The molecule has 0 aliphatic carbocycles. The van der Waals surface area contributed by atoms with Crippen LogP contribution in [0.2, 0.25) is 0 Å². The molecule has 0 radical (unpaired) electrons. The summed E-state index contributed by atoms with van der Waals surface area (Å²) >= 11 is 0. The standard InChI is InChI=1S/C23H27N3O4/c1-4-25(5-2)14-15-26-20(16-6-8-18(30-3)9-7-16)19(22(28)23(26)29)21(27)17-10-12-24-13-11-17/h6-13,20,27H,4-5,14-15H2,1-3H3/p+1/t20-/m0/s1. The second kappa shape index (κ2) is 9.54. The Balaban J connectivity index is 2.07. The first kappa shape index (κ1) is 21.5. The van der Waals surface area contributed by atoms with E-state index in [1.807, 2.05) is 12.1 Å². The zero-order valence-electron chi connectivity index (χ0n) is 17.6. The van der Waals surface area contributed by atoms with Crippen LogP contribution in [-0.2, 0) is 9.59 Å². The molecule has 0 bridgehead atoms. The average molecular weight is 410 g/mol. The molecule has 0 spiro atoms. The molecule has 1 aliphatic rings. The number of pyridine rings is 1. The first-order valence-corrected chi connectivity index (χ1v) is 10.2. The molecule has 2 N–H and O–H groups in total. The van der Waals surface area contributed by atoms with E-state index >= 15 is 0 Å². The molecule has 7 heteroatoms. The van der Waals surface area contributed by atoms with Crippen LogP contribution < -0.4 is 9.64 Å². The van der Waals surface area contributed by atoms with Crippen LogP contribution in [0.1, 0.15) is 31.0 Å². The predicted molar refractivity (Wildman–Crippen MR) is 113 cm³/mol. The van der Waals surface area contributed by atoms with Crippen molar-refractivity contribution in [3.05, 3.63) is 65.5 Å². The topological polar surface area (TPSA) is 84.2 Å². The van der Waals surface area contributed by atoms with Gasteiger partial charge in [0.25, 0.3) is 11.7 Å². The number of hydrogen-bond acceptors (Lipinski definition) is 5. The van der Waals surface area contributed by atoms with E-state index in [1.54, 1.807) is 36.3 Å². The van der Waals surface area contributed by atoms with E-state index in [-0.39, 0.29) is 11.3 Å². The number of nitrogens with one attached hydrogen (secondary N) is 1. The lowest BCUT2D eigenvalue weighted by atomic mass is 9.95. The lowest BCUT2D eigenvalue weighted by Crippen LogP contribution is -3.12. The SMILES string of the molecule is CC[NH+](CC)CCN1C(=O)C(=O)C(=C(O)c2ccncc2)[C@@H]1c1ccc(OC)cc1. The van der Waals surface area contributed by atoms with Gasteiger partial charge in [-0.15, -0.1) is 0 Å². The van der Waals surface area contributed by atoms with E-state index in [9.17, 15) is 14.7 Å². The van der Waals surface area contributed by atoms with E-state index in [2.05, 4.69) is 18.8 Å². The average Bonchev–Trinajstić information content (AvgIpc) is 3.04. The molecular weight excluding hydrogens is 382 g/mol. The summed E-state index contributed by atoms with van der Waals surface area (Å²) < 4.78 is 5.23. The summed E-state index contributed by atoms with van der Waals surface area (Å²) in [4.78, 5) is 32.8. The van der Waals surface area contributed by atoms with Crippen LogP contribution in [0.4, 0.5) is 0 Å². The number of Topliss-reactive ketones (excluding diaryl/α,β-unsaturated/α-hetero) is 1. The van der Waals surface area contributed by atoms with E-state index in [4.69, 9.17) is 4.74 Å². The minimum atomic E-state index is -0.667. The lowest BCUT2D eigenvalue weighted by Gasteiger charge is -2.27. The van der Waals surface area contributed by atoms with Gasteiger partial charge in [0.05, 0.1) is 44.9 Å². The molecule has 3 rings (SSSR count). The van der Waals surface area contributed by atoms with Crippen LogP contribution in [0, 0.1) is 0 Å². The van der Waals surface area contributed by atoms with Crippen molar-refractivity contribution in [2.75, 3.05) is 33.3 Å². The van der Waals surface area contributed by atoms with Gasteiger partial charge in [-0.3, -0.25) is 14.6 Å². The molecule has 1 atom stereocenters. The first-order valence-electron chi connectivity index (χ1n) is 10.2. The normalized spacial score (nSPS) is 18.3. The molecule has 7 nitrogen and oxygen atoms in total. The number of likely N-dealkylation sites (N-methyl/N-ethyl adjacent to an activating group) is 1. The summed E-state index contributed by atoms with van der Waals surface area (Å²) in [6.07, 6.45) is 3.08. The lowest BCUT2D eigenvalue weighted by molar-refractivity contribution is -0.895. The number of aliphatic hydroxyl groups is 1. The van der Waals surface area contributed by atoms with Crippen LogP contribution in [0.3, 0.4) is 0 Å². The zero-order valence-corrected chi connectivity index (χ0v) is 17.6. The molecule has 1 aliphatic heterocycles. The van der Waals surface area contributed by atoms with E-state index in [0.29, 0.717) is 17.9 Å². The molecule has 2 heterocycles. The number of aromatic nitrogens is 1. The molecular formula is C23H28N3O4+. The molecule has 1 aromatic carbocycles. The van der Waals surface area contributed by atoms with Crippen LogP contribution in [0.25, 0.3) is 5.76 Å². The molecule has 0 unspecified atom stereocenters. The van der Waals surface area contributed by atoms with Crippen molar-refractivity contribution in [3.8, 4) is 5.75 Å². The highest BCUT2D eigenvalue weighted by atomic mass is 16.5. The molecule has 30 heavy (non-hydrogen) atoms. The number of rotatable bonds is 8. The number of hydrogen-bond donors (Lipinski definition) is 2. The fourth-order valence-corrected chi connectivity index (χ4v) is 3.79. The van der Waals surface area contributed by atoms with Crippen molar-refractivity contribution in [2.45, 2.75) is 19.9 Å². The van der Waals surface area contributed by atoms with E-state index in [0.717, 1.165) is 25.2 Å². The number of carbonyl (C=O) groups excluding carboxylic acids is 2. The number of amides is 1. The fourth-order valence-electron chi connectivity index (χ4n) is 3.79. The number of methoxy groups -OCH3 is 1. The van der Waals surface area contributed by atoms with E-state index < -0.39 is 17.7 Å².